The fourth-order valence-corrected chi connectivity index (χ4v) is 2.40. The average molecular weight is 271 g/mol. The van der Waals surface area contributed by atoms with Gasteiger partial charge in [-0.1, -0.05) is 12.2 Å². The zero-order chi connectivity index (χ0) is 13.8. The van der Waals surface area contributed by atoms with Crippen molar-refractivity contribution in [3.63, 3.8) is 0 Å². The third kappa shape index (κ3) is 3.48. The van der Waals surface area contributed by atoms with E-state index in [0.29, 0.717) is 11.5 Å². The molecule has 5 nitrogen and oxygen atoms in total. The second-order valence-electron chi connectivity index (χ2n) is 3.80. The van der Waals surface area contributed by atoms with Crippen molar-refractivity contribution in [3.8, 4) is 11.5 Å². The van der Waals surface area contributed by atoms with Gasteiger partial charge in [0.05, 0.1) is 19.1 Å². The molecule has 0 unspecified atom stereocenters. The zero-order valence-electron chi connectivity index (χ0n) is 10.7. The summed E-state index contributed by atoms with van der Waals surface area (Å²) in [5.74, 6) is 0.854. The first-order chi connectivity index (χ1) is 8.40. The van der Waals surface area contributed by atoms with E-state index in [0.717, 1.165) is 5.57 Å². The first-order valence-corrected chi connectivity index (χ1v) is 6.75. The van der Waals surface area contributed by atoms with Crippen LogP contribution in [0.15, 0.2) is 35.2 Å². The quantitative estimate of drug-likeness (QED) is 0.797. The molecule has 0 aliphatic rings. The lowest BCUT2D eigenvalue weighted by Crippen LogP contribution is -2.25. The van der Waals surface area contributed by atoms with Gasteiger partial charge in [-0.3, -0.25) is 0 Å². The molecule has 0 aromatic heterocycles. The summed E-state index contributed by atoms with van der Waals surface area (Å²) in [6.45, 7) is 5.59. The summed E-state index contributed by atoms with van der Waals surface area (Å²) in [7, 11) is -0.614. The molecule has 18 heavy (non-hydrogen) atoms. The van der Waals surface area contributed by atoms with Crippen molar-refractivity contribution in [2.45, 2.75) is 11.8 Å². The van der Waals surface area contributed by atoms with Crippen LogP contribution in [0, 0.1) is 0 Å². The summed E-state index contributed by atoms with van der Waals surface area (Å²) >= 11 is 0. The molecule has 0 aliphatic carbocycles. The highest BCUT2D eigenvalue weighted by atomic mass is 32.2. The number of methoxy groups -OCH3 is 2. The second-order valence-corrected chi connectivity index (χ2v) is 5.57. The molecule has 1 rings (SSSR count). The van der Waals surface area contributed by atoms with Crippen molar-refractivity contribution in [1.29, 1.82) is 0 Å². The molecular formula is C12H17NO4S. The van der Waals surface area contributed by atoms with Gasteiger partial charge in [0, 0.05) is 12.6 Å². The first-order valence-electron chi connectivity index (χ1n) is 5.27. The number of benzene rings is 1. The van der Waals surface area contributed by atoms with Crippen molar-refractivity contribution in [1.82, 2.24) is 4.72 Å². The number of sulfonamides is 1. The minimum absolute atomic E-state index is 0.126. The van der Waals surface area contributed by atoms with Crippen molar-refractivity contribution in [3.05, 3.63) is 30.4 Å². The molecule has 0 aliphatic heterocycles. The molecule has 1 aromatic rings. The zero-order valence-corrected chi connectivity index (χ0v) is 11.5. The van der Waals surface area contributed by atoms with Gasteiger partial charge in [-0.15, -0.1) is 0 Å². The van der Waals surface area contributed by atoms with Gasteiger partial charge in [-0.25, -0.2) is 13.1 Å². The largest absolute Gasteiger partial charge is 0.493 e. The van der Waals surface area contributed by atoms with E-state index in [2.05, 4.69) is 11.3 Å². The van der Waals surface area contributed by atoms with Crippen LogP contribution in [-0.2, 0) is 10.0 Å². The number of ether oxygens (including phenoxy) is 2. The third-order valence-electron chi connectivity index (χ3n) is 2.23. The molecule has 1 aromatic carbocycles. The van der Waals surface area contributed by atoms with Crippen LogP contribution in [0.4, 0.5) is 0 Å². The molecule has 0 fully saturated rings. The van der Waals surface area contributed by atoms with E-state index < -0.39 is 10.0 Å². The Morgan fingerprint density at radius 2 is 1.89 bits per heavy atom. The molecule has 0 amide bonds. The summed E-state index contributed by atoms with van der Waals surface area (Å²) in [6, 6.07) is 4.43. The van der Waals surface area contributed by atoms with Gasteiger partial charge in [-0.2, -0.15) is 0 Å². The van der Waals surface area contributed by atoms with Crippen LogP contribution in [0.2, 0.25) is 0 Å². The SMILES string of the molecule is C=C(C)CNS(=O)(=O)c1ccc(OC)c(OC)c1. The first kappa shape index (κ1) is 14.5. The number of hydrogen-bond donors (Lipinski definition) is 1. The standard InChI is InChI=1S/C12H17NO4S/c1-9(2)8-13-18(14,15)10-5-6-11(16-3)12(7-10)17-4/h5-7,13H,1,8H2,2-4H3. The monoisotopic (exact) mass is 271 g/mol. The smallest absolute Gasteiger partial charge is 0.240 e. The van der Waals surface area contributed by atoms with Gasteiger partial charge in [0.1, 0.15) is 0 Å². The van der Waals surface area contributed by atoms with Crippen LogP contribution < -0.4 is 14.2 Å². The summed E-state index contributed by atoms with van der Waals surface area (Å²) in [6.07, 6.45) is 0. The van der Waals surface area contributed by atoms with Gasteiger partial charge < -0.3 is 9.47 Å². The molecule has 1 N–H and O–H groups in total. The Balaban J connectivity index is 3.06. The third-order valence-corrected chi connectivity index (χ3v) is 3.63. The molecule has 0 atom stereocenters. The lowest BCUT2D eigenvalue weighted by atomic mass is 10.3. The van der Waals surface area contributed by atoms with Crippen molar-refractivity contribution in [2.75, 3.05) is 20.8 Å². The fraction of sp³-hybridized carbons (Fsp3) is 0.333. The predicted molar refractivity (Wildman–Crippen MR) is 69.5 cm³/mol. The molecule has 0 radical (unpaired) electrons. The normalized spacial score (nSPS) is 11.1. The van der Waals surface area contributed by atoms with Crippen LogP contribution in [0.1, 0.15) is 6.92 Å². The predicted octanol–water partition coefficient (Wildman–Crippen LogP) is 1.56. The fourth-order valence-electron chi connectivity index (χ4n) is 1.29. The Hall–Kier alpha value is -1.53. The van der Waals surface area contributed by atoms with Crippen molar-refractivity contribution < 1.29 is 17.9 Å². The van der Waals surface area contributed by atoms with E-state index in [1.165, 1.54) is 26.4 Å². The van der Waals surface area contributed by atoms with Crippen LogP contribution in [0.3, 0.4) is 0 Å². The molecule has 0 saturated carbocycles. The van der Waals surface area contributed by atoms with E-state index in [1.54, 1.807) is 13.0 Å². The number of hydrogen-bond acceptors (Lipinski definition) is 4. The van der Waals surface area contributed by atoms with E-state index in [1.807, 2.05) is 0 Å². The maximum Gasteiger partial charge on any atom is 0.240 e. The molecule has 100 valence electrons. The molecule has 0 saturated heterocycles. The highest BCUT2D eigenvalue weighted by Gasteiger charge is 2.16. The van der Waals surface area contributed by atoms with Gasteiger partial charge in [0.15, 0.2) is 11.5 Å². The molecule has 0 heterocycles. The van der Waals surface area contributed by atoms with Gasteiger partial charge in [0.25, 0.3) is 0 Å². The Morgan fingerprint density at radius 1 is 1.28 bits per heavy atom. The van der Waals surface area contributed by atoms with E-state index in [9.17, 15) is 8.42 Å². The summed E-state index contributed by atoms with van der Waals surface area (Å²) in [4.78, 5) is 0.126. The number of rotatable bonds is 6. The second kappa shape index (κ2) is 5.88. The van der Waals surface area contributed by atoms with Crippen LogP contribution in [0.25, 0.3) is 0 Å². The molecule has 0 spiro atoms. The van der Waals surface area contributed by atoms with Crippen LogP contribution >= 0.6 is 0 Å². The molecule has 6 heteroatoms. The Labute approximate surface area is 107 Å². The van der Waals surface area contributed by atoms with Crippen molar-refractivity contribution >= 4 is 10.0 Å². The summed E-state index contributed by atoms with van der Waals surface area (Å²) in [5.41, 5.74) is 0.735. The van der Waals surface area contributed by atoms with Crippen LogP contribution in [-0.4, -0.2) is 29.2 Å². The number of nitrogens with one attached hydrogen (secondary N) is 1. The minimum atomic E-state index is -3.56. The highest BCUT2D eigenvalue weighted by Crippen LogP contribution is 2.29. The van der Waals surface area contributed by atoms with Crippen LogP contribution in [0.5, 0.6) is 11.5 Å². The maximum absolute atomic E-state index is 12.0. The van der Waals surface area contributed by atoms with E-state index in [4.69, 9.17) is 9.47 Å². The molecule has 0 bridgehead atoms. The Kier molecular flexibility index (Phi) is 4.75. The van der Waals surface area contributed by atoms with E-state index in [-0.39, 0.29) is 11.4 Å². The maximum atomic E-state index is 12.0. The minimum Gasteiger partial charge on any atom is -0.493 e. The summed E-state index contributed by atoms with van der Waals surface area (Å²) in [5, 5.41) is 0. The van der Waals surface area contributed by atoms with Gasteiger partial charge in [-0.05, 0) is 19.1 Å². The average Bonchev–Trinajstić information content (AvgIpc) is 2.35. The summed E-state index contributed by atoms with van der Waals surface area (Å²) < 4.78 is 36.5. The molecular weight excluding hydrogens is 254 g/mol. The van der Waals surface area contributed by atoms with Gasteiger partial charge >= 0.3 is 0 Å². The Bertz CT molecular complexity index is 537. The lowest BCUT2D eigenvalue weighted by molar-refractivity contribution is 0.354. The van der Waals surface area contributed by atoms with Gasteiger partial charge in [0.2, 0.25) is 10.0 Å². The van der Waals surface area contributed by atoms with Crippen molar-refractivity contribution in [2.24, 2.45) is 0 Å². The van der Waals surface area contributed by atoms with E-state index >= 15 is 0 Å². The topological polar surface area (TPSA) is 64.6 Å². The highest BCUT2D eigenvalue weighted by molar-refractivity contribution is 7.89. The lowest BCUT2D eigenvalue weighted by Gasteiger charge is -2.10. The Morgan fingerprint density at radius 3 is 2.39 bits per heavy atom.